The van der Waals surface area contributed by atoms with Gasteiger partial charge >= 0.3 is 0 Å². The zero-order valence-corrected chi connectivity index (χ0v) is 27.0. The summed E-state index contributed by atoms with van der Waals surface area (Å²) >= 11 is 6.00. The Balaban J connectivity index is 1.38. The van der Waals surface area contributed by atoms with Crippen LogP contribution in [0.1, 0.15) is 22.8 Å². The van der Waals surface area contributed by atoms with Gasteiger partial charge in [0.15, 0.2) is 0 Å². The quantitative estimate of drug-likeness (QED) is 0.200. The molecule has 4 aromatic rings. The molecule has 1 fully saturated rings. The Morgan fingerprint density at radius 2 is 1.37 bits per heavy atom. The minimum atomic E-state index is -4.17. The van der Waals surface area contributed by atoms with Crippen LogP contribution in [-0.4, -0.2) is 68.6 Å². The highest BCUT2D eigenvalue weighted by molar-refractivity contribution is 7.89. The van der Waals surface area contributed by atoms with Gasteiger partial charge in [-0.15, -0.1) is 0 Å². The van der Waals surface area contributed by atoms with Crippen molar-refractivity contribution < 1.29 is 26.4 Å². The van der Waals surface area contributed by atoms with Crippen LogP contribution in [0.3, 0.4) is 0 Å². The molecule has 1 atom stereocenters. The van der Waals surface area contributed by atoms with E-state index in [2.05, 4.69) is 15.8 Å². The number of anilines is 1. The molecule has 0 aliphatic carbocycles. The second-order valence-corrected chi connectivity index (χ2v) is 14.6. The molecule has 1 aliphatic rings. The summed E-state index contributed by atoms with van der Waals surface area (Å²) in [5, 5.41) is 7.41. The van der Waals surface area contributed by atoms with E-state index in [1.807, 2.05) is 0 Å². The highest BCUT2D eigenvalue weighted by Crippen LogP contribution is 2.25. The molecule has 0 unspecified atom stereocenters. The van der Waals surface area contributed by atoms with Crippen molar-refractivity contribution in [1.29, 1.82) is 0 Å². The minimum Gasteiger partial charge on any atom is -0.322 e. The molecule has 0 bridgehead atoms. The molecule has 0 spiro atoms. The molecule has 1 saturated heterocycles. The molecule has 1 aliphatic heterocycles. The predicted molar refractivity (Wildman–Crippen MR) is 176 cm³/mol. The maximum absolute atomic E-state index is 13.6. The third-order valence-corrected chi connectivity index (χ3v) is 11.3. The summed E-state index contributed by atoms with van der Waals surface area (Å²) in [5.74, 6) is -1.17. The Hall–Kier alpha value is -4.40. The molecule has 11 nitrogen and oxygen atoms in total. The van der Waals surface area contributed by atoms with Gasteiger partial charge in [0.05, 0.1) is 15.5 Å². The van der Waals surface area contributed by atoms with Crippen molar-refractivity contribution in [1.82, 2.24) is 14.0 Å². The number of sulfonamides is 2. The number of carbonyl (C=O) groups excluding carboxylic acids is 2. The third-order valence-electron chi connectivity index (χ3n) is 7.29. The summed E-state index contributed by atoms with van der Waals surface area (Å²) in [6, 6.07) is 27.2. The van der Waals surface area contributed by atoms with Gasteiger partial charge in [-0.1, -0.05) is 66.2 Å². The van der Waals surface area contributed by atoms with Crippen LogP contribution in [0.2, 0.25) is 5.02 Å². The van der Waals surface area contributed by atoms with Crippen LogP contribution in [0.25, 0.3) is 0 Å². The smallest absolute Gasteiger partial charge is 0.259 e. The molecule has 0 aromatic heterocycles. The summed E-state index contributed by atoms with van der Waals surface area (Å²) in [7, 11) is -8.19. The fraction of sp³-hybridized carbons (Fsp3) is 0.156. The number of carbonyl (C=O) groups is 2. The molecule has 14 heteroatoms. The van der Waals surface area contributed by atoms with Gasteiger partial charge in [-0.05, 0) is 67.1 Å². The summed E-state index contributed by atoms with van der Waals surface area (Å²) in [5.41, 5.74) is 4.19. The molecule has 238 valence electrons. The van der Waals surface area contributed by atoms with E-state index in [-0.39, 0.29) is 28.8 Å². The zero-order valence-electron chi connectivity index (χ0n) is 24.6. The number of nitrogens with one attached hydrogen (secondary N) is 2. The minimum absolute atomic E-state index is 0.0246. The SMILES string of the molecule is C/C(=N/NC(=O)[C@@H]1CN(S(=O)(=O)c2ccccc2)CCN1S(=O)(=O)c1ccccc1)c1cccc(NC(=O)c2cccc(Cl)c2)c1. The second-order valence-electron chi connectivity index (χ2n) is 10.3. The number of piperazine rings is 1. The Morgan fingerprint density at radius 1 is 0.761 bits per heavy atom. The first-order valence-electron chi connectivity index (χ1n) is 14.1. The van der Waals surface area contributed by atoms with E-state index in [1.165, 1.54) is 24.3 Å². The van der Waals surface area contributed by atoms with Gasteiger partial charge in [-0.2, -0.15) is 13.7 Å². The average Bonchev–Trinajstić information content (AvgIpc) is 3.07. The van der Waals surface area contributed by atoms with Crippen LogP contribution in [-0.2, 0) is 24.8 Å². The van der Waals surface area contributed by atoms with Gasteiger partial charge in [0.1, 0.15) is 6.04 Å². The van der Waals surface area contributed by atoms with Crippen molar-refractivity contribution in [2.75, 3.05) is 25.0 Å². The normalized spacial score (nSPS) is 16.5. The first-order valence-corrected chi connectivity index (χ1v) is 17.4. The van der Waals surface area contributed by atoms with Crippen molar-refractivity contribution in [3.8, 4) is 0 Å². The lowest BCUT2D eigenvalue weighted by Crippen LogP contribution is -2.60. The van der Waals surface area contributed by atoms with Gasteiger partial charge in [0, 0.05) is 35.9 Å². The fourth-order valence-corrected chi connectivity index (χ4v) is 8.10. The Morgan fingerprint density at radius 3 is 2.02 bits per heavy atom. The van der Waals surface area contributed by atoms with Crippen molar-refractivity contribution >= 4 is 54.9 Å². The standard InChI is InChI=1S/C32H30ClN5O6S2/c1-23(24-10-9-13-27(21-24)34-31(39)25-11-8-12-26(33)20-25)35-36-32(40)30-22-37(45(41,42)28-14-4-2-5-15-28)18-19-38(30)46(43,44)29-16-6-3-7-17-29/h2-17,20-21,30H,18-19,22H2,1H3,(H,34,39)(H,36,40)/b35-23-/t30-/m0/s1. The first-order chi connectivity index (χ1) is 22.0. The van der Waals surface area contributed by atoms with E-state index in [0.29, 0.717) is 27.5 Å². The van der Waals surface area contributed by atoms with Crippen LogP contribution >= 0.6 is 11.6 Å². The number of halogens is 1. The third kappa shape index (κ3) is 7.35. The van der Waals surface area contributed by atoms with E-state index in [9.17, 15) is 26.4 Å². The van der Waals surface area contributed by atoms with Gasteiger partial charge in [-0.25, -0.2) is 22.3 Å². The summed E-state index contributed by atoms with van der Waals surface area (Å²) < 4.78 is 56.2. The molecule has 2 amide bonds. The van der Waals surface area contributed by atoms with Crippen LogP contribution in [0.5, 0.6) is 0 Å². The maximum atomic E-state index is 13.6. The maximum Gasteiger partial charge on any atom is 0.259 e. The van der Waals surface area contributed by atoms with Crippen LogP contribution < -0.4 is 10.7 Å². The highest BCUT2D eigenvalue weighted by atomic mass is 35.5. The first kappa shape index (κ1) is 33.0. The lowest BCUT2D eigenvalue weighted by Gasteiger charge is -2.38. The van der Waals surface area contributed by atoms with Crippen molar-refractivity contribution in [2.45, 2.75) is 22.8 Å². The Bertz CT molecular complexity index is 1990. The number of nitrogens with zero attached hydrogens (tertiary/aromatic N) is 3. The second kappa shape index (κ2) is 13.9. The molecule has 1 heterocycles. The van der Waals surface area contributed by atoms with Gasteiger partial charge in [0.25, 0.3) is 11.8 Å². The summed E-state index contributed by atoms with van der Waals surface area (Å²) in [6.07, 6.45) is 0. The molecule has 2 N–H and O–H groups in total. The molecule has 46 heavy (non-hydrogen) atoms. The van der Waals surface area contributed by atoms with E-state index >= 15 is 0 Å². The van der Waals surface area contributed by atoms with E-state index < -0.39 is 38.5 Å². The van der Waals surface area contributed by atoms with Crippen molar-refractivity contribution in [3.63, 3.8) is 0 Å². The summed E-state index contributed by atoms with van der Waals surface area (Å²) in [6.45, 7) is 0.805. The van der Waals surface area contributed by atoms with E-state index in [4.69, 9.17) is 11.6 Å². The molecular weight excluding hydrogens is 650 g/mol. The molecule has 0 saturated carbocycles. The number of rotatable bonds is 9. The lowest BCUT2D eigenvalue weighted by molar-refractivity contribution is -0.125. The molecule has 5 rings (SSSR count). The molecule has 4 aromatic carbocycles. The lowest BCUT2D eigenvalue weighted by atomic mass is 10.1. The van der Waals surface area contributed by atoms with Crippen molar-refractivity contribution in [2.24, 2.45) is 5.10 Å². The fourth-order valence-electron chi connectivity index (χ4n) is 4.86. The number of hydrogen-bond acceptors (Lipinski definition) is 7. The zero-order chi connectivity index (χ0) is 32.9. The molecule has 0 radical (unpaired) electrons. The summed E-state index contributed by atoms with van der Waals surface area (Å²) in [4.78, 5) is 26.3. The van der Waals surface area contributed by atoms with Gasteiger partial charge < -0.3 is 5.32 Å². The van der Waals surface area contributed by atoms with Gasteiger partial charge in [-0.3, -0.25) is 9.59 Å². The van der Waals surface area contributed by atoms with E-state index in [1.54, 1.807) is 91.9 Å². The monoisotopic (exact) mass is 679 g/mol. The Kier molecular flexibility index (Phi) is 9.99. The molecular formula is C32H30ClN5O6S2. The van der Waals surface area contributed by atoms with Crippen LogP contribution in [0.4, 0.5) is 5.69 Å². The van der Waals surface area contributed by atoms with E-state index in [0.717, 1.165) is 8.61 Å². The predicted octanol–water partition coefficient (Wildman–Crippen LogP) is 4.20. The van der Waals surface area contributed by atoms with Crippen molar-refractivity contribution in [3.05, 3.63) is 125 Å². The largest absolute Gasteiger partial charge is 0.322 e. The number of benzene rings is 4. The van der Waals surface area contributed by atoms with Gasteiger partial charge in [0.2, 0.25) is 20.0 Å². The number of hydrogen-bond donors (Lipinski definition) is 2. The van der Waals surface area contributed by atoms with Crippen LogP contribution in [0.15, 0.2) is 124 Å². The highest BCUT2D eigenvalue weighted by Gasteiger charge is 2.43. The number of hydrazone groups is 1. The Labute approximate surface area is 272 Å². The number of amides is 2. The topological polar surface area (TPSA) is 145 Å². The average molecular weight is 680 g/mol. The van der Waals surface area contributed by atoms with Crippen LogP contribution in [0, 0.1) is 0 Å².